The van der Waals surface area contributed by atoms with Gasteiger partial charge in [0.2, 0.25) is 10.0 Å². The summed E-state index contributed by atoms with van der Waals surface area (Å²) in [7, 11) is -3.94. The molecule has 8 heteroatoms. The minimum Gasteiger partial charge on any atom is -0.345 e. The highest BCUT2D eigenvalue weighted by Gasteiger charge is 2.29. The Morgan fingerprint density at radius 3 is 2.62 bits per heavy atom. The smallest absolute Gasteiger partial charge is 0.251 e. The number of halogens is 1. The van der Waals surface area contributed by atoms with E-state index in [9.17, 15) is 17.6 Å². The van der Waals surface area contributed by atoms with Crippen molar-refractivity contribution in [2.45, 2.75) is 37.1 Å². The third kappa shape index (κ3) is 3.97. The largest absolute Gasteiger partial charge is 0.345 e. The number of thiophene rings is 1. The summed E-state index contributed by atoms with van der Waals surface area (Å²) in [6.45, 7) is 2.61. The van der Waals surface area contributed by atoms with Gasteiger partial charge in [-0.05, 0) is 49.4 Å². The second kappa shape index (κ2) is 7.85. The molecule has 0 bridgehead atoms. The summed E-state index contributed by atoms with van der Waals surface area (Å²) in [5.41, 5.74) is 0.130. The Kier molecular flexibility index (Phi) is 5.74. The van der Waals surface area contributed by atoms with Gasteiger partial charge in [0.25, 0.3) is 5.91 Å². The Morgan fingerprint density at radius 2 is 1.96 bits per heavy atom. The van der Waals surface area contributed by atoms with E-state index < -0.39 is 26.6 Å². The fourth-order valence-corrected chi connectivity index (χ4v) is 5.32. The molecule has 3 rings (SSSR count). The van der Waals surface area contributed by atoms with Crippen LogP contribution in [-0.4, -0.2) is 31.7 Å². The molecule has 0 spiro atoms. The highest BCUT2D eigenvalue weighted by atomic mass is 32.2. The van der Waals surface area contributed by atoms with Crippen molar-refractivity contribution in [3.63, 3.8) is 0 Å². The first kappa shape index (κ1) is 19.0. The van der Waals surface area contributed by atoms with E-state index >= 15 is 0 Å². The minimum absolute atomic E-state index is 0.130. The van der Waals surface area contributed by atoms with Crippen LogP contribution in [0.1, 0.15) is 47.5 Å². The van der Waals surface area contributed by atoms with Crippen LogP contribution < -0.4 is 5.32 Å². The van der Waals surface area contributed by atoms with E-state index in [4.69, 9.17) is 0 Å². The van der Waals surface area contributed by atoms with Gasteiger partial charge in [-0.3, -0.25) is 4.79 Å². The van der Waals surface area contributed by atoms with E-state index in [1.165, 1.54) is 21.7 Å². The quantitative estimate of drug-likeness (QED) is 0.840. The van der Waals surface area contributed by atoms with Crippen molar-refractivity contribution in [2.75, 3.05) is 13.1 Å². The van der Waals surface area contributed by atoms with Gasteiger partial charge in [0.15, 0.2) is 0 Å². The maximum atomic E-state index is 14.2. The summed E-state index contributed by atoms with van der Waals surface area (Å²) >= 11 is 1.52. The molecule has 1 amide bonds. The molecule has 1 atom stereocenters. The third-order valence-electron chi connectivity index (χ3n) is 4.44. The van der Waals surface area contributed by atoms with Crippen molar-refractivity contribution in [3.8, 4) is 0 Å². The summed E-state index contributed by atoms with van der Waals surface area (Å²) in [5.74, 6) is -1.26. The number of benzene rings is 1. The molecule has 1 saturated heterocycles. The van der Waals surface area contributed by atoms with E-state index in [0.717, 1.165) is 36.3 Å². The van der Waals surface area contributed by atoms with Gasteiger partial charge >= 0.3 is 0 Å². The summed E-state index contributed by atoms with van der Waals surface area (Å²) in [5, 5.41) is 4.73. The first-order chi connectivity index (χ1) is 12.4. The number of amides is 1. The lowest BCUT2D eigenvalue weighted by Crippen LogP contribution is -2.36. The highest BCUT2D eigenvalue weighted by molar-refractivity contribution is 7.89. The zero-order valence-corrected chi connectivity index (χ0v) is 16.1. The van der Waals surface area contributed by atoms with Crippen LogP contribution in [0.25, 0.3) is 0 Å². The summed E-state index contributed by atoms with van der Waals surface area (Å²) in [6.07, 6.45) is 2.50. The van der Waals surface area contributed by atoms with Crippen molar-refractivity contribution in [1.82, 2.24) is 9.62 Å². The average molecular weight is 397 g/mol. The molecule has 1 aromatic carbocycles. The van der Waals surface area contributed by atoms with Gasteiger partial charge in [0, 0.05) is 23.5 Å². The number of sulfonamides is 1. The fraction of sp³-hybridized carbons (Fsp3) is 0.389. The molecule has 1 fully saturated rings. The maximum Gasteiger partial charge on any atom is 0.251 e. The maximum absolute atomic E-state index is 14.2. The summed E-state index contributed by atoms with van der Waals surface area (Å²) in [6, 6.07) is 7.07. The molecule has 26 heavy (non-hydrogen) atoms. The van der Waals surface area contributed by atoms with E-state index in [-0.39, 0.29) is 11.6 Å². The first-order valence-corrected chi connectivity index (χ1v) is 10.9. The lowest BCUT2D eigenvalue weighted by molar-refractivity contribution is 0.0940. The Balaban J connectivity index is 1.84. The lowest BCUT2D eigenvalue weighted by Gasteiger charge is -2.26. The van der Waals surface area contributed by atoms with E-state index in [1.54, 1.807) is 0 Å². The Hall–Kier alpha value is -1.77. The van der Waals surface area contributed by atoms with E-state index in [0.29, 0.717) is 13.1 Å². The van der Waals surface area contributed by atoms with E-state index in [1.807, 2.05) is 24.4 Å². The van der Waals surface area contributed by atoms with Gasteiger partial charge in [0.1, 0.15) is 10.7 Å². The van der Waals surface area contributed by atoms with Gasteiger partial charge in [-0.15, -0.1) is 11.3 Å². The van der Waals surface area contributed by atoms with Crippen molar-refractivity contribution >= 4 is 27.3 Å². The molecule has 2 aromatic rings. The summed E-state index contributed by atoms with van der Waals surface area (Å²) < 4.78 is 41.0. The van der Waals surface area contributed by atoms with Crippen LogP contribution in [0.5, 0.6) is 0 Å². The number of hydrogen-bond acceptors (Lipinski definition) is 4. The zero-order chi connectivity index (χ0) is 18.7. The predicted octanol–water partition coefficient (Wildman–Crippen LogP) is 3.55. The molecule has 2 heterocycles. The van der Waals surface area contributed by atoms with Crippen molar-refractivity contribution in [1.29, 1.82) is 0 Å². The molecule has 1 N–H and O–H groups in total. The molecule has 0 unspecified atom stereocenters. The van der Waals surface area contributed by atoms with Crippen LogP contribution in [0.3, 0.4) is 0 Å². The fourth-order valence-electron chi connectivity index (χ4n) is 2.98. The van der Waals surface area contributed by atoms with Crippen LogP contribution in [0.2, 0.25) is 0 Å². The van der Waals surface area contributed by atoms with Crippen LogP contribution in [0, 0.1) is 5.82 Å². The molecular weight excluding hydrogens is 375 g/mol. The number of carbonyl (C=O) groups excluding carboxylic acids is 1. The van der Waals surface area contributed by atoms with Gasteiger partial charge in [0.05, 0.1) is 6.04 Å². The molecule has 0 saturated carbocycles. The highest BCUT2D eigenvalue weighted by Crippen LogP contribution is 2.24. The first-order valence-electron chi connectivity index (χ1n) is 8.53. The van der Waals surface area contributed by atoms with E-state index in [2.05, 4.69) is 5.32 Å². The molecule has 1 aliphatic rings. The Labute approximate surface area is 156 Å². The SMILES string of the molecule is C[C@@H](NC(=O)c1ccc(F)c(S(=O)(=O)N2CCCCC2)c1)c1cccs1. The van der Waals surface area contributed by atoms with Gasteiger partial charge in [-0.2, -0.15) is 4.31 Å². The molecule has 0 aliphatic carbocycles. The Bertz CT molecular complexity index is 876. The third-order valence-corrected chi connectivity index (χ3v) is 7.41. The number of nitrogens with zero attached hydrogens (tertiary/aromatic N) is 1. The number of piperidine rings is 1. The second-order valence-corrected chi connectivity index (χ2v) is 9.21. The molecule has 1 aliphatic heterocycles. The van der Waals surface area contributed by atoms with Crippen LogP contribution in [0.4, 0.5) is 4.39 Å². The van der Waals surface area contributed by atoms with Gasteiger partial charge < -0.3 is 5.32 Å². The molecule has 0 radical (unpaired) electrons. The van der Waals surface area contributed by atoms with Crippen LogP contribution in [-0.2, 0) is 10.0 Å². The van der Waals surface area contributed by atoms with Gasteiger partial charge in [-0.1, -0.05) is 12.5 Å². The van der Waals surface area contributed by atoms with Crippen molar-refractivity contribution < 1.29 is 17.6 Å². The molecule has 1 aromatic heterocycles. The average Bonchev–Trinajstić information content (AvgIpc) is 3.17. The minimum atomic E-state index is -3.94. The normalized spacial score (nSPS) is 17.0. The lowest BCUT2D eigenvalue weighted by atomic mass is 10.2. The number of carbonyl (C=O) groups is 1. The zero-order valence-electron chi connectivity index (χ0n) is 14.4. The molecule has 5 nitrogen and oxygen atoms in total. The topological polar surface area (TPSA) is 66.5 Å². The predicted molar refractivity (Wildman–Crippen MR) is 99.2 cm³/mol. The van der Waals surface area contributed by atoms with Crippen LogP contribution >= 0.6 is 11.3 Å². The number of nitrogens with one attached hydrogen (secondary N) is 1. The van der Waals surface area contributed by atoms with Gasteiger partial charge in [-0.25, -0.2) is 12.8 Å². The van der Waals surface area contributed by atoms with Crippen molar-refractivity contribution in [2.24, 2.45) is 0 Å². The number of hydrogen-bond donors (Lipinski definition) is 1. The second-order valence-electron chi connectivity index (χ2n) is 6.32. The van der Waals surface area contributed by atoms with Crippen molar-refractivity contribution in [3.05, 3.63) is 52.0 Å². The standard InChI is InChI=1S/C18H21FN2O3S2/c1-13(16-6-5-11-25-16)20-18(22)14-7-8-15(19)17(12-14)26(23,24)21-9-3-2-4-10-21/h5-8,11-13H,2-4,9-10H2,1H3,(H,20,22)/t13-/m1/s1. The van der Waals surface area contributed by atoms with Crippen LogP contribution in [0.15, 0.2) is 40.6 Å². The molecular formula is C18H21FN2O3S2. The number of rotatable bonds is 5. The summed E-state index contributed by atoms with van der Waals surface area (Å²) in [4.78, 5) is 13.0. The monoisotopic (exact) mass is 396 g/mol. The Morgan fingerprint density at radius 1 is 1.23 bits per heavy atom. The molecule has 140 valence electrons.